The molecule has 0 aliphatic carbocycles. The molecule has 0 N–H and O–H groups in total. The lowest BCUT2D eigenvalue weighted by Gasteiger charge is -2.30. The van der Waals surface area contributed by atoms with Gasteiger partial charge in [-0.15, -0.1) is 0 Å². The first kappa shape index (κ1) is 37.0. The lowest BCUT2D eigenvalue weighted by molar-refractivity contribution is 0.405. The van der Waals surface area contributed by atoms with E-state index in [2.05, 4.69) is 170 Å². The molecule has 3 aromatic heterocycles. The molecule has 0 spiro atoms. The molecule has 3 heterocycles. The number of fused-ring (bicyclic) bond motifs is 5. The standard InChI is InChI=1S/C53H42N6/c1-35(29-33-54-49-18-8-13-42-14-9-31-55-50(42)49)38-19-21-39(22-20-38)36(2)58-53(59(4)37(3)45-17-7-12-40-11-5-6-16-46(40)45)44-25-23-41(24-26-44)47-30-34-57-52-48(47)28-27-43-15-10-32-56-51(43)52/h5-34,37H,2H2,1,3-4H3/b35-29+,54-33?,58-53?. The fourth-order valence-corrected chi connectivity index (χ4v) is 7.79. The van der Waals surface area contributed by atoms with Crippen LogP contribution >= 0.6 is 0 Å². The maximum atomic E-state index is 5.30. The van der Waals surface area contributed by atoms with Crippen LogP contribution in [0.3, 0.4) is 0 Å². The summed E-state index contributed by atoms with van der Waals surface area (Å²) in [6.45, 7) is 8.82. The number of amidine groups is 1. The zero-order chi connectivity index (χ0) is 40.3. The number of nitrogens with zero attached hydrogens (tertiary/aromatic N) is 6. The van der Waals surface area contributed by atoms with Crippen molar-refractivity contribution in [2.24, 2.45) is 9.98 Å². The van der Waals surface area contributed by atoms with E-state index in [9.17, 15) is 0 Å². The summed E-state index contributed by atoms with van der Waals surface area (Å²) < 4.78 is 0. The second-order valence-corrected chi connectivity index (χ2v) is 14.8. The molecule has 1 atom stereocenters. The van der Waals surface area contributed by atoms with E-state index in [0.29, 0.717) is 5.70 Å². The van der Waals surface area contributed by atoms with Crippen LogP contribution in [0, 0.1) is 0 Å². The Labute approximate surface area is 344 Å². The molecule has 9 aromatic rings. The van der Waals surface area contributed by atoms with Gasteiger partial charge in [-0.3, -0.25) is 19.9 Å². The van der Waals surface area contributed by atoms with Gasteiger partial charge in [0.25, 0.3) is 0 Å². The minimum Gasteiger partial charge on any atom is -0.352 e. The van der Waals surface area contributed by atoms with Crippen molar-refractivity contribution in [2.75, 3.05) is 7.05 Å². The summed E-state index contributed by atoms with van der Waals surface area (Å²) in [5.74, 6) is 0.830. The molecule has 0 aliphatic heterocycles. The van der Waals surface area contributed by atoms with Crippen LogP contribution in [0.5, 0.6) is 0 Å². The van der Waals surface area contributed by atoms with Gasteiger partial charge in [-0.1, -0.05) is 134 Å². The van der Waals surface area contributed by atoms with E-state index < -0.39 is 0 Å². The highest BCUT2D eigenvalue weighted by molar-refractivity contribution is 6.08. The molecule has 9 rings (SSSR count). The van der Waals surface area contributed by atoms with Crippen molar-refractivity contribution in [1.29, 1.82) is 0 Å². The summed E-state index contributed by atoms with van der Waals surface area (Å²) in [6.07, 6.45) is 9.37. The minimum absolute atomic E-state index is 0.0127. The SMILES string of the molecule is C=C(N=C(c1ccc(-c2ccnc3c2ccc2cccnc23)cc1)N(C)C(C)c1cccc2ccccc12)c1ccc(/C(C)=C/C=Nc2cccc3cccnc23)cc1. The third kappa shape index (κ3) is 7.40. The first-order valence-corrected chi connectivity index (χ1v) is 19.8. The van der Waals surface area contributed by atoms with Crippen LogP contribution in [0.1, 0.15) is 42.1 Å². The van der Waals surface area contributed by atoms with Crippen molar-refractivity contribution in [3.63, 3.8) is 0 Å². The number of benzene rings is 6. The maximum absolute atomic E-state index is 5.30. The summed E-state index contributed by atoms with van der Waals surface area (Å²) in [6, 6.07) is 52.6. The number of para-hydroxylation sites is 1. The lowest BCUT2D eigenvalue weighted by Crippen LogP contribution is -2.30. The van der Waals surface area contributed by atoms with Crippen molar-refractivity contribution in [3.8, 4) is 11.1 Å². The van der Waals surface area contributed by atoms with Crippen LogP contribution in [0.2, 0.25) is 0 Å². The molecule has 0 fully saturated rings. The highest BCUT2D eigenvalue weighted by Gasteiger charge is 2.21. The summed E-state index contributed by atoms with van der Waals surface area (Å²) in [7, 11) is 2.12. The maximum Gasteiger partial charge on any atom is 0.136 e. The van der Waals surface area contributed by atoms with Crippen molar-refractivity contribution in [2.45, 2.75) is 19.9 Å². The molecular formula is C53H42N6. The molecule has 0 aliphatic rings. The third-order valence-corrected chi connectivity index (χ3v) is 11.2. The van der Waals surface area contributed by atoms with Gasteiger partial charge in [-0.2, -0.15) is 0 Å². The number of rotatable bonds is 9. The van der Waals surface area contributed by atoms with Gasteiger partial charge >= 0.3 is 0 Å². The fraction of sp³-hybridized carbons (Fsp3) is 0.0755. The van der Waals surface area contributed by atoms with E-state index in [1.54, 1.807) is 6.20 Å². The molecule has 1 unspecified atom stereocenters. The van der Waals surface area contributed by atoms with Crippen molar-refractivity contribution < 1.29 is 0 Å². The summed E-state index contributed by atoms with van der Waals surface area (Å²) in [5, 5.41) is 5.66. The minimum atomic E-state index is 0.0127. The number of aromatic nitrogens is 3. The zero-order valence-electron chi connectivity index (χ0n) is 33.3. The predicted molar refractivity (Wildman–Crippen MR) is 248 cm³/mol. The van der Waals surface area contributed by atoms with Crippen LogP contribution in [0.4, 0.5) is 5.69 Å². The van der Waals surface area contributed by atoms with Gasteiger partial charge < -0.3 is 4.90 Å². The van der Waals surface area contributed by atoms with E-state index in [1.165, 1.54) is 16.3 Å². The lowest BCUT2D eigenvalue weighted by atomic mass is 9.97. The Balaban J connectivity index is 1.03. The van der Waals surface area contributed by atoms with Gasteiger partial charge in [0.05, 0.1) is 34.0 Å². The zero-order valence-corrected chi connectivity index (χ0v) is 33.3. The average Bonchev–Trinajstić information content (AvgIpc) is 3.30. The van der Waals surface area contributed by atoms with Gasteiger partial charge in [0.1, 0.15) is 5.84 Å². The summed E-state index contributed by atoms with van der Waals surface area (Å²) in [5.41, 5.74) is 11.8. The van der Waals surface area contributed by atoms with Crippen LogP contribution in [-0.2, 0) is 0 Å². The van der Waals surface area contributed by atoms with Crippen molar-refractivity contribution in [1.82, 2.24) is 19.9 Å². The van der Waals surface area contributed by atoms with Gasteiger partial charge in [-0.25, -0.2) is 4.99 Å². The number of aliphatic imine (C=N–C) groups is 2. The molecule has 0 saturated heterocycles. The predicted octanol–water partition coefficient (Wildman–Crippen LogP) is 13.1. The first-order valence-electron chi connectivity index (χ1n) is 19.8. The van der Waals surface area contributed by atoms with E-state index in [-0.39, 0.29) is 6.04 Å². The number of hydrogen-bond donors (Lipinski definition) is 0. The monoisotopic (exact) mass is 762 g/mol. The first-order chi connectivity index (χ1) is 28.9. The molecule has 0 radical (unpaired) electrons. The molecule has 284 valence electrons. The van der Waals surface area contributed by atoms with Gasteiger partial charge in [0, 0.05) is 53.6 Å². The highest BCUT2D eigenvalue weighted by atomic mass is 15.2. The normalized spacial score (nSPS) is 12.8. The van der Waals surface area contributed by atoms with Gasteiger partial charge in [0.2, 0.25) is 0 Å². The smallest absolute Gasteiger partial charge is 0.136 e. The Bertz CT molecular complexity index is 3100. The average molecular weight is 763 g/mol. The molecule has 6 nitrogen and oxygen atoms in total. The second kappa shape index (κ2) is 16.1. The Kier molecular flexibility index (Phi) is 10.1. The number of allylic oxidation sites excluding steroid dienone is 2. The summed E-state index contributed by atoms with van der Waals surface area (Å²) >= 11 is 0. The Morgan fingerprint density at radius 2 is 1.24 bits per heavy atom. The Hall–Kier alpha value is -7.57. The quantitative estimate of drug-likeness (QED) is 0.0834. The molecular weight excluding hydrogens is 721 g/mol. The van der Waals surface area contributed by atoms with Crippen LogP contribution < -0.4 is 0 Å². The molecule has 6 aromatic carbocycles. The number of hydrogen-bond acceptors (Lipinski definition) is 5. The molecule has 6 heteroatoms. The van der Waals surface area contributed by atoms with Gasteiger partial charge in [0.15, 0.2) is 0 Å². The Morgan fingerprint density at radius 3 is 2.05 bits per heavy atom. The largest absolute Gasteiger partial charge is 0.352 e. The van der Waals surface area contributed by atoms with Gasteiger partial charge in [-0.05, 0) is 88.4 Å². The van der Waals surface area contributed by atoms with Crippen molar-refractivity contribution in [3.05, 3.63) is 205 Å². The van der Waals surface area contributed by atoms with E-state index in [0.717, 1.165) is 77.6 Å². The summed E-state index contributed by atoms with van der Waals surface area (Å²) in [4.78, 5) is 26.2. The van der Waals surface area contributed by atoms with E-state index in [1.807, 2.05) is 48.9 Å². The highest BCUT2D eigenvalue weighted by Crippen LogP contribution is 2.33. The molecule has 0 saturated carbocycles. The molecule has 0 amide bonds. The molecule has 59 heavy (non-hydrogen) atoms. The van der Waals surface area contributed by atoms with E-state index in [4.69, 9.17) is 15.0 Å². The Morgan fingerprint density at radius 1 is 0.593 bits per heavy atom. The van der Waals surface area contributed by atoms with Crippen LogP contribution in [0.15, 0.2) is 193 Å². The van der Waals surface area contributed by atoms with Crippen molar-refractivity contribution >= 4 is 72.5 Å². The second-order valence-electron chi connectivity index (χ2n) is 14.8. The fourth-order valence-electron chi connectivity index (χ4n) is 7.79. The number of pyridine rings is 3. The topological polar surface area (TPSA) is 66.6 Å². The third-order valence-electron chi connectivity index (χ3n) is 11.2. The van der Waals surface area contributed by atoms with Crippen LogP contribution in [-0.4, -0.2) is 38.9 Å². The van der Waals surface area contributed by atoms with E-state index >= 15 is 0 Å². The molecule has 0 bridgehead atoms. The van der Waals surface area contributed by atoms with Crippen LogP contribution in [0.25, 0.3) is 65.9 Å².